The smallest absolute Gasteiger partial charge is 0.294 e. The van der Waals surface area contributed by atoms with Gasteiger partial charge in [-0.25, -0.2) is 0 Å². The van der Waals surface area contributed by atoms with Crippen LogP contribution in [-0.4, -0.2) is 6.16 Å². The van der Waals surface area contributed by atoms with Gasteiger partial charge in [0.25, 0.3) is 8.38 Å². The Labute approximate surface area is 154 Å². The van der Waals surface area contributed by atoms with Gasteiger partial charge in [-0.15, -0.1) is 6.58 Å². The van der Waals surface area contributed by atoms with E-state index < -0.39 is 8.38 Å². The highest BCUT2D eigenvalue weighted by atomic mass is 31.2. The second-order valence-electron chi connectivity index (χ2n) is 5.98. The Kier molecular flexibility index (Phi) is 4.86. The van der Waals surface area contributed by atoms with E-state index >= 15 is 0 Å². The van der Waals surface area contributed by atoms with Gasteiger partial charge in [-0.2, -0.15) is 0 Å². The standard InChI is InChI=1S/C23H19O2P/c1-2-15-26(24-21-12-4-3-5-13-21)25-23-14-8-11-20-16-18-9-6-7-10-19(18)17-22(20)23/h2-14,16-17H,1,15H2. The molecule has 1 atom stereocenters. The number of allylic oxidation sites excluding steroid dienone is 1. The summed E-state index contributed by atoms with van der Waals surface area (Å²) in [5, 5.41) is 4.69. The van der Waals surface area contributed by atoms with E-state index in [1.807, 2.05) is 48.5 Å². The molecule has 0 spiro atoms. The number of hydrogen-bond donors (Lipinski definition) is 0. The molecule has 0 N–H and O–H groups in total. The van der Waals surface area contributed by atoms with Gasteiger partial charge in [-0.05, 0) is 46.5 Å². The topological polar surface area (TPSA) is 18.5 Å². The number of hydrogen-bond acceptors (Lipinski definition) is 2. The summed E-state index contributed by atoms with van der Waals surface area (Å²) in [6.45, 7) is 3.84. The molecule has 0 aliphatic carbocycles. The van der Waals surface area contributed by atoms with Crippen molar-refractivity contribution in [2.24, 2.45) is 0 Å². The molecule has 4 aromatic rings. The van der Waals surface area contributed by atoms with Crippen LogP contribution in [0.15, 0.2) is 97.6 Å². The van der Waals surface area contributed by atoms with E-state index in [1.54, 1.807) is 0 Å². The van der Waals surface area contributed by atoms with Crippen molar-refractivity contribution in [2.45, 2.75) is 0 Å². The molecule has 4 aromatic carbocycles. The van der Waals surface area contributed by atoms with Gasteiger partial charge in [0.1, 0.15) is 11.5 Å². The fourth-order valence-electron chi connectivity index (χ4n) is 2.92. The maximum atomic E-state index is 6.29. The summed E-state index contributed by atoms with van der Waals surface area (Å²) in [6, 6.07) is 28.7. The van der Waals surface area contributed by atoms with Crippen molar-refractivity contribution in [3.8, 4) is 11.5 Å². The number of fused-ring (bicyclic) bond motifs is 2. The molecule has 4 rings (SSSR count). The van der Waals surface area contributed by atoms with Gasteiger partial charge in [0.2, 0.25) is 0 Å². The van der Waals surface area contributed by atoms with Crippen molar-refractivity contribution in [1.29, 1.82) is 0 Å². The van der Waals surface area contributed by atoms with E-state index in [-0.39, 0.29) is 0 Å². The van der Waals surface area contributed by atoms with Crippen molar-refractivity contribution >= 4 is 29.9 Å². The normalized spacial score (nSPS) is 12.0. The molecule has 0 aliphatic heterocycles. The summed E-state index contributed by atoms with van der Waals surface area (Å²) in [4.78, 5) is 0. The second kappa shape index (κ2) is 7.59. The third kappa shape index (κ3) is 3.56. The van der Waals surface area contributed by atoms with Crippen LogP contribution >= 0.6 is 8.38 Å². The molecule has 0 aliphatic rings. The van der Waals surface area contributed by atoms with E-state index in [1.165, 1.54) is 10.8 Å². The quantitative estimate of drug-likeness (QED) is 0.211. The molecule has 26 heavy (non-hydrogen) atoms. The predicted molar refractivity (Wildman–Crippen MR) is 111 cm³/mol. The summed E-state index contributed by atoms with van der Waals surface area (Å²) in [6.07, 6.45) is 2.50. The van der Waals surface area contributed by atoms with E-state index in [2.05, 4.69) is 49.0 Å². The van der Waals surface area contributed by atoms with Gasteiger partial charge >= 0.3 is 0 Å². The Bertz CT molecular complexity index is 1040. The van der Waals surface area contributed by atoms with Gasteiger partial charge in [0, 0.05) is 5.39 Å². The molecule has 0 saturated carbocycles. The lowest BCUT2D eigenvalue weighted by molar-refractivity contribution is 0.496. The number of rotatable bonds is 6. The fraction of sp³-hybridized carbons (Fsp3) is 0.0435. The third-order valence-electron chi connectivity index (χ3n) is 4.14. The Balaban J connectivity index is 1.70. The minimum Gasteiger partial charge on any atom is -0.438 e. The molecule has 0 heterocycles. The second-order valence-corrected chi connectivity index (χ2v) is 7.37. The molecule has 1 unspecified atom stereocenters. The molecular weight excluding hydrogens is 339 g/mol. The molecule has 0 aromatic heterocycles. The summed E-state index contributed by atoms with van der Waals surface area (Å²) < 4.78 is 12.4. The molecule has 0 fully saturated rings. The van der Waals surface area contributed by atoms with Crippen LogP contribution in [0.2, 0.25) is 0 Å². The highest BCUT2D eigenvalue weighted by Crippen LogP contribution is 2.43. The molecule has 0 amide bonds. The predicted octanol–water partition coefficient (Wildman–Crippen LogP) is 6.95. The van der Waals surface area contributed by atoms with Gasteiger partial charge in [0.05, 0.1) is 6.16 Å². The molecule has 3 heteroatoms. The molecule has 0 radical (unpaired) electrons. The molecule has 2 nitrogen and oxygen atoms in total. The van der Waals surface area contributed by atoms with Crippen LogP contribution < -0.4 is 9.05 Å². The van der Waals surface area contributed by atoms with Crippen molar-refractivity contribution in [3.05, 3.63) is 97.6 Å². The van der Waals surface area contributed by atoms with Crippen molar-refractivity contribution in [2.75, 3.05) is 6.16 Å². The summed E-state index contributed by atoms with van der Waals surface area (Å²) >= 11 is 0. The first-order valence-electron chi connectivity index (χ1n) is 8.54. The van der Waals surface area contributed by atoms with Crippen LogP contribution in [0.4, 0.5) is 0 Å². The van der Waals surface area contributed by atoms with E-state index in [0.29, 0.717) is 6.16 Å². The van der Waals surface area contributed by atoms with Crippen LogP contribution in [0, 0.1) is 0 Å². The van der Waals surface area contributed by atoms with E-state index in [9.17, 15) is 0 Å². The first-order valence-corrected chi connectivity index (χ1v) is 9.91. The lowest BCUT2D eigenvalue weighted by Gasteiger charge is -2.19. The highest BCUT2D eigenvalue weighted by Gasteiger charge is 2.15. The van der Waals surface area contributed by atoms with Gasteiger partial charge < -0.3 is 9.05 Å². The van der Waals surface area contributed by atoms with Crippen molar-refractivity contribution < 1.29 is 9.05 Å². The van der Waals surface area contributed by atoms with Gasteiger partial charge in [0.15, 0.2) is 0 Å². The number of para-hydroxylation sites is 1. The Morgan fingerprint density at radius 2 is 1.42 bits per heavy atom. The van der Waals surface area contributed by atoms with Crippen LogP contribution in [0.5, 0.6) is 11.5 Å². The first kappa shape index (κ1) is 16.6. The maximum absolute atomic E-state index is 6.29. The first-order chi connectivity index (χ1) is 12.8. The average Bonchev–Trinajstić information content (AvgIpc) is 2.68. The summed E-state index contributed by atoms with van der Waals surface area (Å²) in [7, 11) is -1.15. The number of benzene rings is 4. The zero-order chi connectivity index (χ0) is 17.8. The fourth-order valence-corrected chi connectivity index (χ4v) is 4.06. The van der Waals surface area contributed by atoms with Crippen molar-refractivity contribution in [3.63, 3.8) is 0 Å². The molecular formula is C23H19O2P. The van der Waals surface area contributed by atoms with Crippen LogP contribution in [-0.2, 0) is 0 Å². The summed E-state index contributed by atoms with van der Waals surface area (Å²) in [5.41, 5.74) is 0. The molecule has 0 saturated heterocycles. The largest absolute Gasteiger partial charge is 0.438 e. The molecule has 128 valence electrons. The Morgan fingerprint density at radius 3 is 2.19 bits per heavy atom. The zero-order valence-electron chi connectivity index (χ0n) is 14.3. The summed E-state index contributed by atoms with van der Waals surface area (Å²) in [5.74, 6) is 1.66. The van der Waals surface area contributed by atoms with Crippen molar-refractivity contribution in [1.82, 2.24) is 0 Å². The zero-order valence-corrected chi connectivity index (χ0v) is 15.2. The van der Waals surface area contributed by atoms with Crippen LogP contribution in [0.1, 0.15) is 0 Å². The Hall–Kier alpha value is -2.83. The average molecular weight is 358 g/mol. The van der Waals surface area contributed by atoms with Crippen LogP contribution in [0.3, 0.4) is 0 Å². The lowest BCUT2D eigenvalue weighted by Crippen LogP contribution is -1.98. The SMILES string of the molecule is C=CCP(Oc1ccccc1)Oc1cccc2cc3ccccc3cc12. The van der Waals surface area contributed by atoms with Crippen LogP contribution in [0.25, 0.3) is 21.5 Å². The monoisotopic (exact) mass is 358 g/mol. The maximum Gasteiger partial charge on any atom is 0.294 e. The third-order valence-corrected chi connectivity index (χ3v) is 5.51. The van der Waals surface area contributed by atoms with E-state index in [0.717, 1.165) is 22.3 Å². The lowest BCUT2D eigenvalue weighted by atomic mass is 10.0. The van der Waals surface area contributed by atoms with Gasteiger partial charge in [-0.1, -0.05) is 60.7 Å². The minimum atomic E-state index is -1.15. The van der Waals surface area contributed by atoms with Gasteiger partial charge in [-0.3, -0.25) is 0 Å². The Morgan fingerprint density at radius 1 is 0.731 bits per heavy atom. The minimum absolute atomic E-state index is 0.661. The molecule has 0 bridgehead atoms. The highest BCUT2D eigenvalue weighted by molar-refractivity contribution is 7.48. The van der Waals surface area contributed by atoms with E-state index in [4.69, 9.17) is 9.05 Å².